The van der Waals surface area contributed by atoms with Crippen molar-refractivity contribution in [2.24, 2.45) is 5.73 Å². The minimum atomic E-state index is -1.14. The number of benzene rings is 2. The molecule has 0 aliphatic carbocycles. The van der Waals surface area contributed by atoms with Crippen molar-refractivity contribution in [1.82, 2.24) is 9.69 Å². The highest BCUT2D eigenvalue weighted by Crippen LogP contribution is 2.39. The van der Waals surface area contributed by atoms with Crippen molar-refractivity contribution in [3.63, 3.8) is 0 Å². The third kappa shape index (κ3) is 5.49. The molecule has 200 valence electrons. The molecule has 1 aliphatic heterocycles. The Balaban J connectivity index is 1.91. The molecule has 0 saturated carbocycles. The molecule has 1 unspecified atom stereocenters. The van der Waals surface area contributed by atoms with Crippen molar-refractivity contribution in [2.45, 2.75) is 32.4 Å². The summed E-state index contributed by atoms with van der Waals surface area (Å²) in [5.74, 6) is -0.426. The number of nitrogens with two attached hydrogens (primary N) is 2. The molecule has 2 heterocycles. The lowest BCUT2D eigenvalue weighted by atomic mass is 10.00. The molecule has 4 rings (SSSR count). The van der Waals surface area contributed by atoms with Gasteiger partial charge in [-0.15, -0.1) is 0 Å². The van der Waals surface area contributed by atoms with Crippen LogP contribution in [0.3, 0.4) is 0 Å². The number of rotatable bonds is 7. The van der Waals surface area contributed by atoms with E-state index in [2.05, 4.69) is 9.69 Å². The number of methoxy groups -OCH3 is 1. The Morgan fingerprint density at radius 1 is 1.08 bits per heavy atom. The summed E-state index contributed by atoms with van der Waals surface area (Å²) in [6.45, 7) is 6.25. The van der Waals surface area contributed by atoms with Gasteiger partial charge in [-0.1, -0.05) is 12.1 Å². The van der Waals surface area contributed by atoms with Crippen molar-refractivity contribution >= 4 is 40.6 Å². The monoisotopic (exact) mass is 539 g/mol. The second kappa shape index (κ2) is 10.6. The molecule has 0 radical (unpaired) electrons. The van der Waals surface area contributed by atoms with E-state index in [-0.39, 0.29) is 16.3 Å². The van der Waals surface area contributed by atoms with Gasteiger partial charge >= 0.3 is 0 Å². The van der Waals surface area contributed by atoms with E-state index in [1.807, 2.05) is 20.8 Å². The fourth-order valence-electron chi connectivity index (χ4n) is 3.95. The van der Waals surface area contributed by atoms with E-state index < -0.39 is 29.3 Å². The van der Waals surface area contributed by atoms with Crippen LogP contribution in [0.15, 0.2) is 42.5 Å². The van der Waals surface area contributed by atoms with Gasteiger partial charge in [-0.05, 0) is 62.1 Å². The highest BCUT2D eigenvalue weighted by molar-refractivity contribution is 7.09. The molecule has 5 N–H and O–H groups in total. The molecule has 12 heteroatoms. The summed E-state index contributed by atoms with van der Waals surface area (Å²) in [6, 6.07) is 10.6. The number of nitrogens with zero attached hydrogens (tertiary/aromatic N) is 2. The molecule has 1 aliphatic rings. The standard InChI is InChI=1S/C26H29N5O6S/c1-26(2,3)29-24(33)21(14-5-8-16(35-4)9-6-14)31(15-7-10-17-18(13-15)37-12-11-36-17)25(34)22-19(27)20(23(28)32)30-38-22/h5-10,13,21H,11-12,27H2,1-4H3,(H2,28,32)(H,29,33). The van der Waals surface area contributed by atoms with Crippen molar-refractivity contribution < 1.29 is 28.6 Å². The highest BCUT2D eigenvalue weighted by atomic mass is 32.1. The molecule has 2 aromatic carbocycles. The first kappa shape index (κ1) is 26.7. The molecule has 1 aromatic heterocycles. The molecule has 0 bridgehead atoms. The summed E-state index contributed by atoms with van der Waals surface area (Å²) in [6.07, 6.45) is 0. The molecule has 11 nitrogen and oxygen atoms in total. The minimum absolute atomic E-state index is 0.0317. The maximum Gasteiger partial charge on any atom is 0.273 e. The van der Waals surface area contributed by atoms with Crippen LogP contribution in [-0.2, 0) is 4.79 Å². The van der Waals surface area contributed by atoms with Gasteiger partial charge in [0.05, 0.1) is 12.8 Å². The third-order valence-corrected chi connectivity index (χ3v) is 6.47. The predicted molar refractivity (Wildman–Crippen MR) is 143 cm³/mol. The maximum atomic E-state index is 14.2. The van der Waals surface area contributed by atoms with Gasteiger partial charge in [-0.3, -0.25) is 19.3 Å². The molecular formula is C26H29N5O6S. The number of hydrogen-bond acceptors (Lipinski definition) is 9. The normalized spacial score (nSPS) is 13.4. The Labute approximate surface area is 223 Å². The molecule has 1 atom stereocenters. The Morgan fingerprint density at radius 2 is 1.74 bits per heavy atom. The zero-order valence-corrected chi connectivity index (χ0v) is 22.3. The summed E-state index contributed by atoms with van der Waals surface area (Å²) in [5.41, 5.74) is 11.4. The number of amides is 3. The zero-order chi connectivity index (χ0) is 27.6. The van der Waals surface area contributed by atoms with Crippen LogP contribution < -0.4 is 35.9 Å². The van der Waals surface area contributed by atoms with E-state index in [1.165, 1.54) is 12.0 Å². The summed E-state index contributed by atoms with van der Waals surface area (Å²) < 4.78 is 20.6. The molecule has 0 spiro atoms. The number of aromatic nitrogens is 1. The third-order valence-electron chi connectivity index (χ3n) is 5.61. The van der Waals surface area contributed by atoms with E-state index in [0.29, 0.717) is 41.7 Å². The van der Waals surface area contributed by atoms with Gasteiger partial charge in [-0.2, -0.15) is 4.37 Å². The Morgan fingerprint density at radius 3 is 2.32 bits per heavy atom. The van der Waals surface area contributed by atoms with Crippen LogP contribution in [0.25, 0.3) is 0 Å². The Bertz CT molecular complexity index is 1370. The van der Waals surface area contributed by atoms with E-state index in [9.17, 15) is 14.4 Å². The fourth-order valence-corrected chi connectivity index (χ4v) is 4.69. The quantitative estimate of drug-likeness (QED) is 0.413. The van der Waals surface area contributed by atoms with Gasteiger partial charge in [0.15, 0.2) is 17.2 Å². The number of carbonyl (C=O) groups excluding carboxylic acids is 3. The summed E-state index contributed by atoms with van der Waals surface area (Å²) in [5, 5.41) is 2.97. The number of fused-ring (bicyclic) bond motifs is 1. The summed E-state index contributed by atoms with van der Waals surface area (Å²) in [4.78, 5) is 41.1. The SMILES string of the molecule is COc1ccc(C(C(=O)NC(C)(C)C)N(C(=O)c2snc(C(N)=O)c2N)c2ccc3c(c2)OCCO3)cc1. The number of ether oxygens (including phenoxy) is 3. The van der Waals surface area contributed by atoms with Crippen molar-refractivity contribution in [1.29, 1.82) is 0 Å². The van der Waals surface area contributed by atoms with E-state index in [4.69, 9.17) is 25.7 Å². The smallest absolute Gasteiger partial charge is 0.273 e. The molecule has 0 fully saturated rings. The number of nitrogen functional groups attached to an aromatic ring is 1. The van der Waals surface area contributed by atoms with E-state index >= 15 is 0 Å². The van der Waals surface area contributed by atoms with E-state index in [1.54, 1.807) is 42.5 Å². The summed E-state index contributed by atoms with van der Waals surface area (Å²) >= 11 is 0.733. The Hall–Kier alpha value is -4.32. The van der Waals surface area contributed by atoms with Gasteiger partial charge in [-0.25, -0.2) is 0 Å². The van der Waals surface area contributed by atoms with Crippen LogP contribution in [0, 0.1) is 0 Å². The number of hydrogen-bond donors (Lipinski definition) is 3. The minimum Gasteiger partial charge on any atom is -0.497 e. The number of nitrogens with one attached hydrogen (secondary N) is 1. The van der Waals surface area contributed by atoms with Crippen molar-refractivity contribution in [3.8, 4) is 17.2 Å². The molecular weight excluding hydrogens is 510 g/mol. The average Bonchev–Trinajstić information content (AvgIpc) is 3.27. The molecule has 0 saturated heterocycles. The van der Waals surface area contributed by atoms with E-state index in [0.717, 1.165) is 11.5 Å². The van der Waals surface area contributed by atoms with Crippen LogP contribution in [-0.4, -0.2) is 48.0 Å². The largest absolute Gasteiger partial charge is 0.497 e. The topological polar surface area (TPSA) is 159 Å². The predicted octanol–water partition coefficient (Wildman–Crippen LogP) is 2.91. The van der Waals surface area contributed by atoms with Crippen LogP contribution >= 0.6 is 11.5 Å². The van der Waals surface area contributed by atoms with Gasteiger partial charge in [0.1, 0.15) is 29.9 Å². The maximum absolute atomic E-state index is 14.2. The zero-order valence-electron chi connectivity index (χ0n) is 21.4. The number of anilines is 2. The summed E-state index contributed by atoms with van der Waals surface area (Å²) in [7, 11) is 1.53. The van der Waals surface area contributed by atoms with Crippen LogP contribution in [0.2, 0.25) is 0 Å². The number of primary amides is 1. The second-order valence-electron chi connectivity index (χ2n) is 9.56. The second-order valence-corrected chi connectivity index (χ2v) is 10.3. The first-order valence-electron chi connectivity index (χ1n) is 11.7. The van der Waals surface area contributed by atoms with Crippen LogP contribution in [0.1, 0.15) is 52.5 Å². The lowest BCUT2D eigenvalue weighted by Gasteiger charge is -2.34. The first-order chi connectivity index (χ1) is 18.0. The van der Waals surface area contributed by atoms with Crippen molar-refractivity contribution in [3.05, 3.63) is 58.6 Å². The van der Waals surface area contributed by atoms with Crippen LogP contribution in [0.4, 0.5) is 11.4 Å². The number of carbonyl (C=O) groups is 3. The van der Waals surface area contributed by atoms with Crippen molar-refractivity contribution in [2.75, 3.05) is 31.0 Å². The first-order valence-corrected chi connectivity index (χ1v) is 12.5. The van der Waals surface area contributed by atoms with Gasteiger partial charge in [0.25, 0.3) is 11.8 Å². The van der Waals surface area contributed by atoms with Gasteiger partial charge < -0.3 is 31.0 Å². The lowest BCUT2D eigenvalue weighted by Crippen LogP contribution is -2.49. The molecule has 3 aromatic rings. The van der Waals surface area contributed by atoms with Crippen LogP contribution in [0.5, 0.6) is 17.2 Å². The average molecular weight is 540 g/mol. The molecule has 38 heavy (non-hydrogen) atoms. The lowest BCUT2D eigenvalue weighted by molar-refractivity contribution is -0.123. The van der Waals surface area contributed by atoms with Gasteiger partial charge in [0, 0.05) is 17.3 Å². The highest BCUT2D eigenvalue weighted by Gasteiger charge is 2.37. The molecule has 3 amide bonds. The van der Waals surface area contributed by atoms with Gasteiger partial charge in [0.2, 0.25) is 5.91 Å². The Kier molecular flexibility index (Phi) is 7.44. The fraction of sp³-hybridized carbons (Fsp3) is 0.308.